The predicted molar refractivity (Wildman–Crippen MR) is 97.9 cm³/mol. The van der Waals surface area contributed by atoms with E-state index < -0.39 is 15.9 Å². The molecule has 0 aliphatic carbocycles. The fraction of sp³-hybridized carbons (Fsp3) is 0.353. The van der Waals surface area contributed by atoms with Gasteiger partial charge in [0.15, 0.2) is 11.5 Å². The monoisotopic (exact) mass is 395 g/mol. The number of aromatic amines is 1. The molecular formula is C17H21N3O6S. The van der Waals surface area contributed by atoms with Gasteiger partial charge in [-0.2, -0.15) is 4.31 Å². The number of benzene rings is 1. The summed E-state index contributed by atoms with van der Waals surface area (Å²) in [6, 6.07) is 6.26. The van der Waals surface area contributed by atoms with E-state index in [1.807, 2.05) is 0 Å². The number of aromatic nitrogens is 1. The summed E-state index contributed by atoms with van der Waals surface area (Å²) in [6.45, 7) is 1.30. The lowest BCUT2D eigenvalue weighted by molar-refractivity contribution is 0.0730. The first kappa shape index (κ1) is 19.2. The average molecular weight is 395 g/mol. The molecule has 0 unspecified atom stereocenters. The molecule has 1 saturated heterocycles. The second-order valence-electron chi connectivity index (χ2n) is 5.79. The van der Waals surface area contributed by atoms with Crippen molar-refractivity contribution in [2.24, 2.45) is 0 Å². The van der Waals surface area contributed by atoms with Crippen LogP contribution in [-0.4, -0.2) is 64.1 Å². The number of sulfonamides is 1. The van der Waals surface area contributed by atoms with Crippen LogP contribution in [0.5, 0.6) is 11.5 Å². The van der Waals surface area contributed by atoms with Crippen LogP contribution >= 0.6 is 0 Å². The molecule has 146 valence electrons. The number of H-pyrrole nitrogens is 1. The first-order chi connectivity index (χ1) is 13.0. The highest BCUT2D eigenvalue weighted by Crippen LogP contribution is 2.30. The minimum Gasteiger partial charge on any atom is -0.493 e. The predicted octanol–water partition coefficient (Wildman–Crippen LogP) is 1.31. The topological polar surface area (TPSA) is 110 Å². The SMILES string of the molecule is COc1ccc(NC(=O)c2cc(S(=O)(=O)N3CCOCC3)c[nH]2)cc1OC. The van der Waals surface area contributed by atoms with E-state index in [0.717, 1.165) is 0 Å². The van der Waals surface area contributed by atoms with E-state index in [-0.39, 0.29) is 10.6 Å². The van der Waals surface area contributed by atoms with E-state index in [2.05, 4.69) is 10.3 Å². The zero-order valence-electron chi connectivity index (χ0n) is 15.0. The van der Waals surface area contributed by atoms with Crippen molar-refractivity contribution in [2.45, 2.75) is 4.90 Å². The van der Waals surface area contributed by atoms with Crippen LogP contribution < -0.4 is 14.8 Å². The molecular weight excluding hydrogens is 374 g/mol. The number of methoxy groups -OCH3 is 2. The number of morpholine rings is 1. The molecule has 0 radical (unpaired) electrons. The number of hydrogen-bond donors (Lipinski definition) is 2. The molecule has 2 N–H and O–H groups in total. The summed E-state index contributed by atoms with van der Waals surface area (Å²) in [5, 5.41) is 2.69. The van der Waals surface area contributed by atoms with E-state index in [9.17, 15) is 13.2 Å². The van der Waals surface area contributed by atoms with Crippen molar-refractivity contribution in [2.75, 3.05) is 45.8 Å². The van der Waals surface area contributed by atoms with E-state index in [0.29, 0.717) is 43.5 Å². The number of hydrogen-bond acceptors (Lipinski definition) is 6. The van der Waals surface area contributed by atoms with Crippen molar-refractivity contribution in [1.82, 2.24) is 9.29 Å². The molecule has 0 atom stereocenters. The number of amides is 1. The Hall–Kier alpha value is -2.56. The lowest BCUT2D eigenvalue weighted by Gasteiger charge is -2.25. The molecule has 10 heteroatoms. The molecule has 1 aliphatic rings. The molecule has 0 bridgehead atoms. The summed E-state index contributed by atoms with van der Waals surface area (Å²) in [5.74, 6) is 0.539. The largest absolute Gasteiger partial charge is 0.493 e. The van der Waals surface area contributed by atoms with Gasteiger partial charge in [-0.3, -0.25) is 4.79 Å². The Morgan fingerprint density at radius 1 is 1.15 bits per heavy atom. The van der Waals surface area contributed by atoms with Crippen molar-refractivity contribution in [3.05, 3.63) is 36.2 Å². The molecule has 1 amide bonds. The van der Waals surface area contributed by atoms with Gasteiger partial charge in [0.1, 0.15) is 10.6 Å². The number of nitrogens with zero attached hydrogens (tertiary/aromatic N) is 1. The summed E-state index contributed by atoms with van der Waals surface area (Å²) in [6.07, 6.45) is 1.31. The Morgan fingerprint density at radius 2 is 1.85 bits per heavy atom. The van der Waals surface area contributed by atoms with Crippen molar-refractivity contribution in [3.8, 4) is 11.5 Å². The lowest BCUT2D eigenvalue weighted by Crippen LogP contribution is -2.40. The molecule has 3 rings (SSSR count). The molecule has 1 aromatic carbocycles. The standard InChI is InChI=1S/C17H21N3O6S/c1-24-15-4-3-12(9-16(15)25-2)19-17(21)14-10-13(11-18-14)27(22,23)20-5-7-26-8-6-20/h3-4,9-11,18H,5-8H2,1-2H3,(H,19,21). The maximum Gasteiger partial charge on any atom is 0.272 e. The van der Waals surface area contributed by atoms with E-state index in [4.69, 9.17) is 14.2 Å². The third-order valence-electron chi connectivity index (χ3n) is 4.15. The Bertz CT molecular complexity index is 919. The highest BCUT2D eigenvalue weighted by molar-refractivity contribution is 7.89. The van der Waals surface area contributed by atoms with Gasteiger partial charge in [0, 0.05) is 31.0 Å². The van der Waals surface area contributed by atoms with Gasteiger partial charge in [0.05, 0.1) is 27.4 Å². The first-order valence-electron chi connectivity index (χ1n) is 8.25. The van der Waals surface area contributed by atoms with Crippen LogP contribution in [0.3, 0.4) is 0 Å². The van der Waals surface area contributed by atoms with Crippen molar-refractivity contribution in [3.63, 3.8) is 0 Å². The van der Waals surface area contributed by atoms with E-state index in [1.54, 1.807) is 18.2 Å². The smallest absolute Gasteiger partial charge is 0.272 e. The van der Waals surface area contributed by atoms with Crippen molar-refractivity contribution >= 4 is 21.6 Å². The minimum absolute atomic E-state index is 0.0434. The van der Waals surface area contributed by atoms with Crippen LogP contribution in [0.1, 0.15) is 10.5 Å². The molecule has 9 nitrogen and oxygen atoms in total. The number of carbonyl (C=O) groups is 1. The Morgan fingerprint density at radius 3 is 2.52 bits per heavy atom. The third kappa shape index (κ3) is 4.07. The summed E-state index contributed by atoms with van der Waals surface area (Å²) in [4.78, 5) is 15.2. The van der Waals surface area contributed by atoms with Gasteiger partial charge in [0.2, 0.25) is 10.0 Å². The summed E-state index contributed by atoms with van der Waals surface area (Å²) in [5.41, 5.74) is 0.626. The molecule has 1 aliphatic heterocycles. The zero-order valence-corrected chi connectivity index (χ0v) is 15.8. The summed E-state index contributed by atoms with van der Waals surface area (Å²) < 4.78 is 42.1. The van der Waals surface area contributed by atoms with E-state index in [1.165, 1.54) is 30.8 Å². The second kappa shape index (κ2) is 7.99. The number of ether oxygens (including phenoxy) is 3. The van der Waals surface area contributed by atoms with Gasteiger partial charge in [-0.15, -0.1) is 0 Å². The fourth-order valence-corrected chi connectivity index (χ4v) is 4.11. The summed E-state index contributed by atoms with van der Waals surface area (Å²) >= 11 is 0. The average Bonchev–Trinajstić information content (AvgIpc) is 3.20. The first-order valence-corrected chi connectivity index (χ1v) is 9.69. The highest BCUT2D eigenvalue weighted by atomic mass is 32.2. The maximum absolute atomic E-state index is 12.6. The second-order valence-corrected chi connectivity index (χ2v) is 7.73. The number of nitrogens with one attached hydrogen (secondary N) is 2. The molecule has 1 aromatic heterocycles. The highest BCUT2D eigenvalue weighted by Gasteiger charge is 2.28. The lowest BCUT2D eigenvalue weighted by atomic mass is 10.2. The number of anilines is 1. The molecule has 2 aromatic rings. The molecule has 0 spiro atoms. The van der Waals surface area contributed by atoms with Crippen LogP contribution in [0.2, 0.25) is 0 Å². The number of rotatable bonds is 6. The van der Waals surface area contributed by atoms with Gasteiger partial charge < -0.3 is 24.5 Å². The maximum atomic E-state index is 12.6. The van der Waals surface area contributed by atoms with Gasteiger partial charge in [-0.05, 0) is 18.2 Å². The molecule has 0 saturated carbocycles. The summed E-state index contributed by atoms with van der Waals surface area (Å²) in [7, 11) is -0.645. The molecule has 1 fully saturated rings. The van der Waals surface area contributed by atoms with Crippen LogP contribution in [0.15, 0.2) is 35.4 Å². The zero-order chi connectivity index (χ0) is 19.4. The van der Waals surface area contributed by atoms with Gasteiger partial charge in [-0.1, -0.05) is 0 Å². The van der Waals surface area contributed by atoms with Crippen LogP contribution in [0.25, 0.3) is 0 Å². The van der Waals surface area contributed by atoms with Gasteiger partial charge >= 0.3 is 0 Å². The Labute approximate surface area is 157 Å². The van der Waals surface area contributed by atoms with Crippen LogP contribution in [0, 0.1) is 0 Å². The Balaban J connectivity index is 1.75. The van der Waals surface area contributed by atoms with Crippen molar-refractivity contribution < 1.29 is 27.4 Å². The number of carbonyl (C=O) groups excluding carboxylic acids is 1. The van der Waals surface area contributed by atoms with Crippen LogP contribution in [-0.2, 0) is 14.8 Å². The van der Waals surface area contributed by atoms with E-state index >= 15 is 0 Å². The molecule has 27 heavy (non-hydrogen) atoms. The molecule has 2 heterocycles. The van der Waals surface area contributed by atoms with Gasteiger partial charge in [0.25, 0.3) is 5.91 Å². The normalized spacial score (nSPS) is 15.3. The third-order valence-corrected chi connectivity index (χ3v) is 6.03. The van der Waals surface area contributed by atoms with Gasteiger partial charge in [-0.25, -0.2) is 8.42 Å². The Kier molecular flexibility index (Phi) is 5.68. The van der Waals surface area contributed by atoms with Crippen LogP contribution in [0.4, 0.5) is 5.69 Å². The van der Waals surface area contributed by atoms with Crippen molar-refractivity contribution in [1.29, 1.82) is 0 Å². The fourth-order valence-electron chi connectivity index (χ4n) is 2.70. The quantitative estimate of drug-likeness (QED) is 0.763. The minimum atomic E-state index is -3.66.